The summed E-state index contributed by atoms with van der Waals surface area (Å²) in [6.45, 7) is 2.20. The van der Waals surface area contributed by atoms with E-state index in [1.165, 1.54) is 19.3 Å². The Balaban J connectivity index is 1.37. The van der Waals surface area contributed by atoms with Crippen LogP contribution in [0.4, 0.5) is 4.79 Å². The van der Waals surface area contributed by atoms with Crippen molar-refractivity contribution in [2.75, 3.05) is 13.1 Å². The van der Waals surface area contributed by atoms with Crippen molar-refractivity contribution >= 4 is 6.03 Å². The van der Waals surface area contributed by atoms with Gasteiger partial charge in [0.2, 0.25) is 0 Å². The Kier molecular flexibility index (Phi) is 6.07. The molecule has 1 aromatic heterocycles. The Hall–Kier alpha value is -1.63. The number of fused-ring (bicyclic) bond motifs is 1. The van der Waals surface area contributed by atoms with E-state index in [2.05, 4.69) is 25.4 Å². The predicted molar refractivity (Wildman–Crippen MR) is 90.6 cm³/mol. The van der Waals surface area contributed by atoms with Gasteiger partial charge in [0.15, 0.2) is 0 Å². The first kappa shape index (κ1) is 17.2. The molecule has 2 amide bonds. The number of nitrogens with one attached hydrogen (secondary N) is 2. The van der Waals surface area contributed by atoms with Gasteiger partial charge >= 0.3 is 6.03 Å². The van der Waals surface area contributed by atoms with Gasteiger partial charge in [0.05, 0.1) is 6.10 Å². The first-order valence-electron chi connectivity index (χ1n) is 9.33. The number of aryl methyl sites for hydroxylation is 1. The molecule has 7 heteroatoms. The van der Waals surface area contributed by atoms with E-state index < -0.39 is 0 Å². The number of aliphatic hydroxyl groups excluding tert-OH is 1. The van der Waals surface area contributed by atoms with Crippen LogP contribution < -0.4 is 10.6 Å². The van der Waals surface area contributed by atoms with Crippen LogP contribution in [0.15, 0.2) is 0 Å². The zero-order valence-electron chi connectivity index (χ0n) is 14.3. The van der Waals surface area contributed by atoms with E-state index in [0.29, 0.717) is 25.4 Å². The van der Waals surface area contributed by atoms with Gasteiger partial charge in [-0.3, -0.25) is 0 Å². The molecule has 24 heavy (non-hydrogen) atoms. The minimum Gasteiger partial charge on any atom is -0.393 e. The molecule has 2 atom stereocenters. The topological polar surface area (TPSA) is 92.1 Å². The highest BCUT2D eigenvalue weighted by molar-refractivity contribution is 5.73. The Morgan fingerprint density at radius 2 is 2.08 bits per heavy atom. The maximum atomic E-state index is 11.9. The first-order chi connectivity index (χ1) is 11.7. The molecule has 1 aromatic rings. The van der Waals surface area contributed by atoms with Crippen LogP contribution in [0, 0.1) is 5.92 Å². The van der Waals surface area contributed by atoms with Crippen molar-refractivity contribution in [3.8, 4) is 0 Å². The number of nitrogens with zero attached hydrogens (tertiary/aromatic N) is 3. The van der Waals surface area contributed by atoms with Crippen LogP contribution in [0.5, 0.6) is 0 Å². The normalized spacial score (nSPS) is 24.0. The fraction of sp³-hybridized carbons (Fsp3) is 0.824. The Morgan fingerprint density at radius 1 is 1.17 bits per heavy atom. The molecule has 1 aliphatic carbocycles. The van der Waals surface area contributed by atoms with Crippen LogP contribution in [-0.4, -0.2) is 45.1 Å². The van der Waals surface area contributed by atoms with Gasteiger partial charge < -0.3 is 20.3 Å². The van der Waals surface area contributed by atoms with Crippen molar-refractivity contribution in [2.24, 2.45) is 5.92 Å². The minimum absolute atomic E-state index is 0.134. The molecule has 0 saturated heterocycles. The summed E-state index contributed by atoms with van der Waals surface area (Å²) in [4.78, 5) is 11.9. The SMILES string of the molecule is O=C(NCCc1nnc2n1CCCCC2)NCC1CCCC(O)C1. The number of carbonyl (C=O) groups is 1. The second kappa shape index (κ2) is 8.46. The summed E-state index contributed by atoms with van der Waals surface area (Å²) in [6.07, 6.45) is 8.97. The molecule has 2 unspecified atom stereocenters. The van der Waals surface area contributed by atoms with Gasteiger partial charge in [0.25, 0.3) is 0 Å². The molecule has 3 rings (SSSR count). The van der Waals surface area contributed by atoms with Crippen LogP contribution in [0.2, 0.25) is 0 Å². The predicted octanol–water partition coefficient (Wildman–Crippen LogP) is 1.40. The lowest BCUT2D eigenvalue weighted by Gasteiger charge is -2.25. The van der Waals surface area contributed by atoms with Crippen LogP contribution in [-0.2, 0) is 19.4 Å². The zero-order valence-corrected chi connectivity index (χ0v) is 14.3. The molecular weight excluding hydrogens is 306 g/mol. The first-order valence-corrected chi connectivity index (χ1v) is 9.33. The lowest BCUT2D eigenvalue weighted by atomic mass is 9.87. The highest BCUT2D eigenvalue weighted by Crippen LogP contribution is 2.23. The summed E-state index contributed by atoms with van der Waals surface area (Å²) in [7, 11) is 0. The summed E-state index contributed by atoms with van der Waals surface area (Å²) in [5.74, 6) is 2.46. The van der Waals surface area contributed by atoms with Gasteiger partial charge in [-0.15, -0.1) is 10.2 Å². The minimum atomic E-state index is -0.197. The molecule has 1 aliphatic heterocycles. The van der Waals surface area contributed by atoms with Crippen LogP contribution in [0.3, 0.4) is 0 Å². The zero-order chi connectivity index (χ0) is 16.8. The van der Waals surface area contributed by atoms with Crippen molar-refractivity contribution in [3.05, 3.63) is 11.6 Å². The molecule has 0 aromatic carbocycles. The monoisotopic (exact) mass is 335 g/mol. The molecule has 2 aliphatic rings. The Labute approximate surface area is 143 Å². The lowest BCUT2D eigenvalue weighted by Crippen LogP contribution is -2.40. The van der Waals surface area contributed by atoms with E-state index in [4.69, 9.17) is 0 Å². The molecule has 1 fully saturated rings. The van der Waals surface area contributed by atoms with E-state index in [-0.39, 0.29) is 12.1 Å². The average molecular weight is 335 g/mol. The standard InChI is InChI=1S/C17H29N5O2/c23-14-6-4-5-13(11-14)12-19-17(24)18-9-8-16-21-20-15-7-2-1-3-10-22(15)16/h13-14,23H,1-12H2,(H2,18,19,24). The second-order valence-electron chi connectivity index (χ2n) is 7.07. The summed E-state index contributed by atoms with van der Waals surface area (Å²) in [6, 6.07) is -0.134. The highest BCUT2D eigenvalue weighted by Gasteiger charge is 2.20. The van der Waals surface area contributed by atoms with Crippen molar-refractivity contribution in [3.63, 3.8) is 0 Å². The quantitative estimate of drug-likeness (QED) is 0.758. The average Bonchev–Trinajstić information content (AvgIpc) is 2.80. The molecule has 2 heterocycles. The molecule has 0 bridgehead atoms. The molecule has 7 nitrogen and oxygen atoms in total. The lowest BCUT2D eigenvalue weighted by molar-refractivity contribution is 0.101. The number of hydrogen-bond donors (Lipinski definition) is 3. The molecule has 3 N–H and O–H groups in total. The number of aromatic nitrogens is 3. The van der Waals surface area contributed by atoms with Crippen LogP contribution in [0.25, 0.3) is 0 Å². The van der Waals surface area contributed by atoms with Crippen LogP contribution >= 0.6 is 0 Å². The number of amides is 2. The maximum absolute atomic E-state index is 11.9. The molecular formula is C17H29N5O2. The Morgan fingerprint density at radius 3 is 2.96 bits per heavy atom. The van der Waals surface area contributed by atoms with Gasteiger partial charge in [-0.25, -0.2) is 4.79 Å². The summed E-state index contributed by atoms with van der Waals surface area (Å²) in [5, 5.41) is 24.0. The Bertz CT molecular complexity index is 545. The van der Waals surface area contributed by atoms with E-state index in [1.807, 2.05) is 0 Å². The summed E-state index contributed by atoms with van der Waals surface area (Å²) in [5.41, 5.74) is 0. The third-order valence-corrected chi connectivity index (χ3v) is 5.13. The van der Waals surface area contributed by atoms with E-state index in [9.17, 15) is 9.90 Å². The molecule has 0 spiro atoms. The van der Waals surface area contributed by atoms with Crippen LogP contribution in [0.1, 0.15) is 56.6 Å². The number of carbonyl (C=O) groups excluding carboxylic acids is 1. The number of hydrogen-bond acceptors (Lipinski definition) is 4. The van der Waals surface area contributed by atoms with Crippen molar-refractivity contribution < 1.29 is 9.90 Å². The van der Waals surface area contributed by atoms with Crippen molar-refractivity contribution in [2.45, 2.75) is 70.4 Å². The van der Waals surface area contributed by atoms with Gasteiger partial charge in [-0.1, -0.05) is 12.8 Å². The van der Waals surface area contributed by atoms with E-state index >= 15 is 0 Å². The van der Waals surface area contributed by atoms with Gasteiger partial charge in [0, 0.05) is 32.5 Å². The van der Waals surface area contributed by atoms with E-state index in [1.54, 1.807) is 0 Å². The highest BCUT2D eigenvalue weighted by atomic mass is 16.3. The number of aliphatic hydroxyl groups is 1. The maximum Gasteiger partial charge on any atom is 0.314 e. The van der Waals surface area contributed by atoms with Gasteiger partial charge in [0.1, 0.15) is 11.6 Å². The van der Waals surface area contributed by atoms with Crippen molar-refractivity contribution in [1.29, 1.82) is 0 Å². The molecule has 0 radical (unpaired) electrons. The van der Waals surface area contributed by atoms with Gasteiger partial charge in [-0.05, 0) is 38.0 Å². The third kappa shape index (κ3) is 4.69. The summed E-state index contributed by atoms with van der Waals surface area (Å²) < 4.78 is 2.22. The van der Waals surface area contributed by atoms with E-state index in [0.717, 1.165) is 50.3 Å². The number of urea groups is 1. The fourth-order valence-corrected chi connectivity index (χ4v) is 3.77. The van der Waals surface area contributed by atoms with Crippen molar-refractivity contribution in [1.82, 2.24) is 25.4 Å². The summed E-state index contributed by atoms with van der Waals surface area (Å²) >= 11 is 0. The number of rotatable bonds is 5. The molecule has 1 saturated carbocycles. The van der Waals surface area contributed by atoms with Gasteiger partial charge in [-0.2, -0.15) is 0 Å². The molecule has 134 valence electrons. The smallest absolute Gasteiger partial charge is 0.314 e. The third-order valence-electron chi connectivity index (χ3n) is 5.13. The second-order valence-corrected chi connectivity index (χ2v) is 7.07. The largest absolute Gasteiger partial charge is 0.393 e. The fourth-order valence-electron chi connectivity index (χ4n) is 3.77.